The highest BCUT2D eigenvalue weighted by Gasteiger charge is 2.32. The van der Waals surface area contributed by atoms with Gasteiger partial charge in [-0.05, 0) is 60.5 Å². The van der Waals surface area contributed by atoms with Crippen LogP contribution in [0, 0.1) is 0 Å². The topological polar surface area (TPSA) is 75.7 Å². The molecule has 1 N–H and O–H groups in total. The van der Waals surface area contributed by atoms with Gasteiger partial charge in [0.2, 0.25) is 15.9 Å². The first-order valence-corrected chi connectivity index (χ1v) is 10.8. The molecule has 140 valence electrons. The van der Waals surface area contributed by atoms with Crippen molar-refractivity contribution in [3.8, 4) is 0 Å². The van der Waals surface area contributed by atoms with Gasteiger partial charge in [0, 0.05) is 18.8 Å². The molecule has 1 aliphatic heterocycles. The predicted octanol–water partition coefficient (Wildman–Crippen LogP) is 2.73. The second-order valence-corrected chi connectivity index (χ2v) is 9.18. The molecule has 1 aliphatic rings. The SMILES string of the molecule is C[C@@H]1CN(S(=O)(=O)c2ccc(NC(=O)Cc3ccsc3)cc2)C[C@@H](C)O1. The van der Waals surface area contributed by atoms with Crippen LogP contribution in [0.5, 0.6) is 0 Å². The van der Waals surface area contributed by atoms with E-state index in [0.29, 0.717) is 25.2 Å². The van der Waals surface area contributed by atoms with Crippen LogP contribution in [0.4, 0.5) is 5.69 Å². The zero-order chi connectivity index (χ0) is 18.7. The van der Waals surface area contributed by atoms with E-state index >= 15 is 0 Å². The first-order valence-electron chi connectivity index (χ1n) is 8.41. The van der Waals surface area contributed by atoms with Gasteiger partial charge in [0.25, 0.3) is 0 Å². The quantitative estimate of drug-likeness (QED) is 0.846. The number of sulfonamides is 1. The van der Waals surface area contributed by atoms with Gasteiger partial charge >= 0.3 is 0 Å². The Hall–Kier alpha value is -1.74. The minimum Gasteiger partial charge on any atom is -0.373 e. The fraction of sp³-hybridized carbons (Fsp3) is 0.389. The molecule has 1 aromatic carbocycles. The molecule has 2 atom stereocenters. The predicted molar refractivity (Wildman–Crippen MR) is 102 cm³/mol. The summed E-state index contributed by atoms with van der Waals surface area (Å²) in [6.45, 7) is 4.41. The van der Waals surface area contributed by atoms with Crippen molar-refractivity contribution < 1.29 is 17.9 Å². The second-order valence-electron chi connectivity index (χ2n) is 6.46. The van der Waals surface area contributed by atoms with Crippen molar-refractivity contribution in [1.29, 1.82) is 0 Å². The number of ether oxygens (including phenoxy) is 1. The average Bonchev–Trinajstić information content (AvgIpc) is 3.07. The van der Waals surface area contributed by atoms with Crippen molar-refractivity contribution >= 4 is 33.0 Å². The molecule has 0 aliphatic carbocycles. The number of morpholine rings is 1. The molecule has 6 nitrogen and oxygen atoms in total. The Bertz CT molecular complexity index is 838. The minimum absolute atomic E-state index is 0.130. The third-order valence-electron chi connectivity index (χ3n) is 4.11. The highest BCUT2D eigenvalue weighted by molar-refractivity contribution is 7.89. The smallest absolute Gasteiger partial charge is 0.243 e. The normalized spacial score (nSPS) is 21.5. The summed E-state index contributed by atoms with van der Waals surface area (Å²) < 4.78 is 32.7. The number of hydrogen-bond acceptors (Lipinski definition) is 5. The lowest BCUT2D eigenvalue weighted by Crippen LogP contribution is -2.48. The van der Waals surface area contributed by atoms with Crippen molar-refractivity contribution in [2.24, 2.45) is 0 Å². The van der Waals surface area contributed by atoms with Crippen molar-refractivity contribution in [3.63, 3.8) is 0 Å². The van der Waals surface area contributed by atoms with E-state index in [9.17, 15) is 13.2 Å². The van der Waals surface area contributed by atoms with Gasteiger partial charge in [-0.1, -0.05) is 0 Å². The Morgan fingerprint density at radius 3 is 2.42 bits per heavy atom. The molecular weight excluding hydrogens is 372 g/mol. The van der Waals surface area contributed by atoms with Crippen molar-refractivity contribution in [3.05, 3.63) is 46.7 Å². The fourth-order valence-electron chi connectivity index (χ4n) is 2.97. The van der Waals surface area contributed by atoms with Crippen LogP contribution >= 0.6 is 11.3 Å². The van der Waals surface area contributed by atoms with Gasteiger partial charge in [-0.3, -0.25) is 4.79 Å². The maximum absolute atomic E-state index is 12.8. The van der Waals surface area contributed by atoms with Crippen LogP contribution in [0.25, 0.3) is 0 Å². The van der Waals surface area contributed by atoms with E-state index in [1.165, 1.54) is 16.4 Å². The van der Waals surface area contributed by atoms with E-state index in [-0.39, 0.29) is 23.0 Å². The maximum atomic E-state index is 12.8. The summed E-state index contributed by atoms with van der Waals surface area (Å²) in [6.07, 6.45) is 0.0287. The standard InChI is InChI=1S/C18H22N2O4S2/c1-13-10-20(11-14(2)24-13)26(22,23)17-5-3-16(4-6-17)19-18(21)9-15-7-8-25-12-15/h3-8,12-14H,9-11H2,1-2H3,(H,19,21)/t13-,14-/m1/s1. The summed E-state index contributed by atoms with van der Waals surface area (Å²) in [6, 6.07) is 8.20. The lowest BCUT2D eigenvalue weighted by molar-refractivity contribution is -0.115. The number of nitrogens with one attached hydrogen (secondary N) is 1. The lowest BCUT2D eigenvalue weighted by Gasteiger charge is -2.34. The van der Waals surface area contributed by atoms with Crippen molar-refractivity contribution in [2.45, 2.75) is 37.4 Å². The van der Waals surface area contributed by atoms with Gasteiger partial charge in [-0.15, -0.1) is 0 Å². The van der Waals surface area contributed by atoms with Crippen LogP contribution in [0.1, 0.15) is 19.4 Å². The number of carbonyl (C=O) groups excluding carboxylic acids is 1. The minimum atomic E-state index is -3.57. The zero-order valence-corrected chi connectivity index (χ0v) is 16.3. The number of rotatable bonds is 5. The van der Waals surface area contributed by atoms with E-state index in [1.54, 1.807) is 23.5 Å². The molecule has 1 amide bonds. The van der Waals surface area contributed by atoms with Crippen LogP contribution in [0.3, 0.4) is 0 Å². The summed E-state index contributed by atoms with van der Waals surface area (Å²) in [5.41, 5.74) is 1.54. The molecule has 3 rings (SSSR count). The van der Waals surface area contributed by atoms with Crippen molar-refractivity contribution in [2.75, 3.05) is 18.4 Å². The van der Waals surface area contributed by atoms with E-state index in [0.717, 1.165) is 5.56 Å². The Kier molecular flexibility index (Phi) is 5.76. The summed E-state index contributed by atoms with van der Waals surface area (Å²) >= 11 is 1.55. The van der Waals surface area contributed by atoms with Crippen molar-refractivity contribution in [1.82, 2.24) is 4.31 Å². The summed E-state index contributed by atoms with van der Waals surface area (Å²) in [7, 11) is -3.57. The van der Waals surface area contributed by atoms with E-state index in [2.05, 4.69) is 5.32 Å². The summed E-state index contributed by atoms with van der Waals surface area (Å²) in [4.78, 5) is 12.3. The lowest BCUT2D eigenvalue weighted by atomic mass is 10.2. The highest BCUT2D eigenvalue weighted by atomic mass is 32.2. The highest BCUT2D eigenvalue weighted by Crippen LogP contribution is 2.22. The number of carbonyl (C=O) groups is 1. The number of nitrogens with zero attached hydrogens (tertiary/aromatic N) is 1. The van der Waals surface area contributed by atoms with E-state index < -0.39 is 10.0 Å². The van der Waals surface area contributed by atoms with Gasteiger partial charge < -0.3 is 10.1 Å². The Balaban J connectivity index is 1.67. The molecule has 1 saturated heterocycles. The molecule has 26 heavy (non-hydrogen) atoms. The third kappa shape index (κ3) is 4.50. The molecule has 2 heterocycles. The molecule has 8 heteroatoms. The Morgan fingerprint density at radius 2 is 1.85 bits per heavy atom. The van der Waals surface area contributed by atoms with Crippen LogP contribution in [-0.2, 0) is 26.0 Å². The number of anilines is 1. The Labute approximate surface area is 157 Å². The molecule has 1 fully saturated rings. The fourth-order valence-corrected chi connectivity index (χ4v) is 5.23. The number of thiophene rings is 1. The van der Waals surface area contributed by atoms with E-state index in [4.69, 9.17) is 4.74 Å². The monoisotopic (exact) mass is 394 g/mol. The van der Waals surface area contributed by atoms with Gasteiger partial charge in [0.05, 0.1) is 23.5 Å². The largest absolute Gasteiger partial charge is 0.373 e. The van der Waals surface area contributed by atoms with Crippen LogP contribution < -0.4 is 5.32 Å². The molecule has 1 aromatic heterocycles. The molecular formula is C18H22N2O4S2. The van der Waals surface area contributed by atoms with Crippen LogP contribution in [0.2, 0.25) is 0 Å². The molecule has 0 radical (unpaired) electrons. The van der Waals surface area contributed by atoms with Gasteiger partial charge in [-0.25, -0.2) is 8.42 Å². The van der Waals surface area contributed by atoms with Gasteiger partial charge in [0.15, 0.2) is 0 Å². The first-order chi connectivity index (χ1) is 12.3. The summed E-state index contributed by atoms with van der Waals surface area (Å²) in [5.74, 6) is -0.130. The number of benzene rings is 1. The summed E-state index contributed by atoms with van der Waals surface area (Å²) in [5, 5.41) is 6.65. The third-order valence-corrected chi connectivity index (χ3v) is 6.68. The van der Waals surface area contributed by atoms with Crippen LogP contribution in [-0.4, -0.2) is 43.9 Å². The van der Waals surface area contributed by atoms with E-state index in [1.807, 2.05) is 30.7 Å². The molecule has 0 unspecified atom stereocenters. The maximum Gasteiger partial charge on any atom is 0.243 e. The number of hydrogen-bond donors (Lipinski definition) is 1. The second kappa shape index (κ2) is 7.87. The van der Waals surface area contributed by atoms with Gasteiger partial charge in [-0.2, -0.15) is 15.6 Å². The Morgan fingerprint density at radius 1 is 1.19 bits per heavy atom. The zero-order valence-electron chi connectivity index (χ0n) is 14.7. The first kappa shape index (κ1) is 19.0. The molecule has 0 bridgehead atoms. The van der Waals surface area contributed by atoms with Gasteiger partial charge in [0.1, 0.15) is 0 Å². The molecule has 0 spiro atoms. The van der Waals surface area contributed by atoms with Crippen LogP contribution in [0.15, 0.2) is 46.0 Å². The number of amides is 1. The molecule has 0 saturated carbocycles. The molecule has 2 aromatic rings. The average molecular weight is 395 g/mol.